The number of benzene rings is 2. The van der Waals surface area contributed by atoms with E-state index in [9.17, 15) is 4.79 Å². The second kappa shape index (κ2) is 6.70. The minimum Gasteiger partial charge on any atom is -0.484 e. The first kappa shape index (κ1) is 15.5. The van der Waals surface area contributed by atoms with E-state index in [0.29, 0.717) is 27.2 Å². The molecule has 0 aliphatic carbocycles. The summed E-state index contributed by atoms with van der Waals surface area (Å²) in [6, 6.07) is 10.1. The lowest BCUT2D eigenvalue weighted by Gasteiger charge is -2.09. The molecule has 0 spiro atoms. The van der Waals surface area contributed by atoms with E-state index in [-0.39, 0.29) is 12.5 Å². The zero-order chi connectivity index (χ0) is 15.4. The Morgan fingerprint density at radius 1 is 1.19 bits per heavy atom. The largest absolute Gasteiger partial charge is 0.484 e. The molecule has 0 saturated heterocycles. The number of hydrogen-bond donors (Lipinski definition) is 2. The molecule has 0 unspecified atom stereocenters. The molecule has 0 aromatic heterocycles. The van der Waals surface area contributed by atoms with Crippen LogP contribution in [0.1, 0.15) is 5.56 Å². The first-order chi connectivity index (χ1) is 9.95. The molecule has 0 fully saturated rings. The van der Waals surface area contributed by atoms with E-state index in [2.05, 4.69) is 5.32 Å². The van der Waals surface area contributed by atoms with E-state index in [1.54, 1.807) is 30.3 Å². The first-order valence-electron chi connectivity index (χ1n) is 6.19. The van der Waals surface area contributed by atoms with Gasteiger partial charge in [0.1, 0.15) is 5.75 Å². The van der Waals surface area contributed by atoms with Crippen molar-refractivity contribution in [2.24, 2.45) is 0 Å². The lowest BCUT2D eigenvalue weighted by atomic mass is 10.2. The quantitative estimate of drug-likeness (QED) is 0.838. The zero-order valence-corrected chi connectivity index (χ0v) is 12.8. The molecule has 2 aromatic rings. The molecule has 2 aromatic carbocycles. The number of nitrogens with one attached hydrogen (secondary N) is 1. The van der Waals surface area contributed by atoms with E-state index >= 15 is 0 Å². The molecule has 1 amide bonds. The molecule has 0 bridgehead atoms. The molecule has 0 radical (unpaired) electrons. The van der Waals surface area contributed by atoms with Gasteiger partial charge in [0.2, 0.25) is 0 Å². The van der Waals surface area contributed by atoms with Gasteiger partial charge >= 0.3 is 0 Å². The molecule has 21 heavy (non-hydrogen) atoms. The Hall–Kier alpha value is -1.91. The topological polar surface area (TPSA) is 64.3 Å². The average molecular weight is 325 g/mol. The Morgan fingerprint density at radius 3 is 2.62 bits per heavy atom. The van der Waals surface area contributed by atoms with Crippen LogP contribution in [-0.2, 0) is 4.79 Å². The van der Waals surface area contributed by atoms with E-state index in [1.165, 1.54) is 0 Å². The normalized spacial score (nSPS) is 10.2. The van der Waals surface area contributed by atoms with Crippen LogP contribution in [0.25, 0.3) is 0 Å². The second-order valence-electron chi connectivity index (χ2n) is 4.48. The zero-order valence-electron chi connectivity index (χ0n) is 11.3. The van der Waals surface area contributed by atoms with Crippen molar-refractivity contribution in [1.82, 2.24) is 0 Å². The minimum atomic E-state index is -0.288. The summed E-state index contributed by atoms with van der Waals surface area (Å²) in [5, 5.41) is 3.51. The molecule has 4 nitrogen and oxygen atoms in total. The van der Waals surface area contributed by atoms with Gasteiger partial charge in [-0.15, -0.1) is 0 Å². The summed E-state index contributed by atoms with van der Waals surface area (Å²) < 4.78 is 5.34. The number of aryl methyl sites for hydroxylation is 1. The molecule has 110 valence electrons. The van der Waals surface area contributed by atoms with Crippen molar-refractivity contribution in [3.05, 3.63) is 52.0 Å². The summed E-state index contributed by atoms with van der Waals surface area (Å²) in [6.07, 6.45) is 0. The third-order valence-electron chi connectivity index (χ3n) is 2.82. The molecule has 6 heteroatoms. The van der Waals surface area contributed by atoms with Gasteiger partial charge in [0.25, 0.3) is 5.91 Å². The summed E-state index contributed by atoms with van der Waals surface area (Å²) in [5.74, 6) is 0.187. The van der Waals surface area contributed by atoms with Crippen LogP contribution < -0.4 is 15.8 Å². The van der Waals surface area contributed by atoms with Crippen LogP contribution in [0.3, 0.4) is 0 Å². The second-order valence-corrected chi connectivity index (χ2v) is 5.30. The van der Waals surface area contributed by atoms with Gasteiger partial charge in [-0.05, 0) is 36.8 Å². The van der Waals surface area contributed by atoms with Crippen LogP contribution in [-0.4, -0.2) is 12.5 Å². The third-order valence-corrected chi connectivity index (χ3v) is 3.56. The number of anilines is 2. The molecule has 0 saturated carbocycles. The lowest BCUT2D eigenvalue weighted by molar-refractivity contribution is -0.118. The van der Waals surface area contributed by atoms with Gasteiger partial charge in [-0.25, -0.2) is 0 Å². The van der Waals surface area contributed by atoms with Crippen molar-refractivity contribution in [3.63, 3.8) is 0 Å². The molecular weight excluding hydrogens is 311 g/mol. The summed E-state index contributed by atoms with van der Waals surface area (Å²) >= 11 is 11.7. The van der Waals surface area contributed by atoms with Gasteiger partial charge in [0.05, 0.1) is 10.0 Å². The van der Waals surface area contributed by atoms with Gasteiger partial charge in [-0.2, -0.15) is 0 Å². The lowest BCUT2D eigenvalue weighted by Crippen LogP contribution is -2.20. The summed E-state index contributed by atoms with van der Waals surface area (Å²) in [5.41, 5.74) is 7.99. The van der Waals surface area contributed by atoms with Crippen molar-refractivity contribution < 1.29 is 9.53 Å². The summed E-state index contributed by atoms with van der Waals surface area (Å²) in [7, 11) is 0. The molecule has 2 rings (SSSR count). The molecular formula is C15H14Cl2N2O2. The smallest absolute Gasteiger partial charge is 0.262 e. The fourth-order valence-electron chi connectivity index (χ4n) is 1.63. The SMILES string of the molecule is Cc1ccc(NC(=O)COc2ccc(Cl)c(Cl)c2)cc1N. The fourth-order valence-corrected chi connectivity index (χ4v) is 1.92. The standard InChI is InChI=1S/C15H14Cl2N2O2/c1-9-2-3-10(6-14(9)18)19-15(20)8-21-11-4-5-12(16)13(17)7-11/h2-7H,8,18H2,1H3,(H,19,20). The Morgan fingerprint density at radius 2 is 1.95 bits per heavy atom. The Kier molecular flexibility index (Phi) is 4.94. The van der Waals surface area contributed by atoms with E-state index in [1.807, 2.05) is 13.0 Å². The molecule has 0 atom stereocenters. The summed E-state index contributed by atoms with van der Waals surface area (Å²) in [6.45, 7) is 1.76. The number of carbonyl (C=O) groups is 1. The average Bonchev–Trinajstić information content (AvgIpc) is 2.44. The maximum Gasteiger partial charge on any atom is 0.262 e. The molecule has 0 aliphatic heterocycles. The molecule has 0 heterocycles. The predicted octanol–water partition coefficient (Wildman–Crippen LogP) is 3.90. The van der Waals surface area contributed by atoms with Crippen molar-refractivity contribution in [2.45, 2.75) is 6.92 Å². The number of hydrogen-bond acceptors (Lipinski definition) is 3. The van der Waals surface area contributed by atoms with Gasteiger partial charge in [0.15, 0.2) is 6.61 Å². The summed E-state index contributed by atoms with van der Waals surface area (Å²) in [4.78, 5) is 11.8. The number of ether oxygens (including phenoxy) is 1. The highest BCUT2D eigenvalue weighted by Crippen LogP contribution is 2.26. The van der Waals surface area contributed by atoms with Crippen LogP contribution >= 0.6 is 23.2 Å². The molecule has 0 aliphatic rings. The Bertz CT molecular complexity index is 675. The van der Waals surface area contributed by atoms with E-state index < -0.39 is 0 Å². The van der Waals surface area contributed by atoms with Crippen molar-refractivity contribution in [3.8, 4) is 5.75 Å². The number of nitrogen functional groups attached to an aromatic ring is 1. The number of carbonyl (C=O) groups excluding carboxylic acids is 1. The highest BCUT2D eigenvalue weighted by Gasteiger charge is 2.06. The van der Waals surface area contributed by atoms with Crippen molar-refractivity contribution >= 4 is 40.5 Å². The number of halogens is 2. The third kappa shape index (κ3) is 4.28. The Balaban J connectivity index is 1.92. The highest BCUT2D eigenvalue weighted by molar-refractivity contribution is 6.42. The molecule has 3 N–H and O–H groups in total. The maximum absolute atomic E-state index is 11.8. The van der Waals surface area contributed by atoms with Gasteiger partial charge in [-0.3, -0.25) is 4.79 Å². The van der Waals surface area contributed by atoms with Gasteiger partial charge in [0, 0.05) is 17.4 Å². The maximum atomic E-state index is 11.8. The number of nitrogens with two attached hydrogens (primary N) is 1. The van der Waals surface area contributed by atoms with Crippen LogP contribution in [0.5, 0.6) is 5.75 Å². The highest BCUT2D eigenvalue weighted by atomic mass is 35.5. The predicted molar refractivity (Wildman–Crippen MR) is 86.2 cm³/mol. The van der Waals surface area contributed by atoms with E-state index in [4.69, 9.17) is 33.7 Å². The Labute approximate surface area is 132 Å². The van der Waals surface area contributed by atoms with Gasteiger partial charge < -0.3 is 15.8 Å². The van der Waals surface area contributed by atoms with Crippen LogP contribution in [0.4, 0.5) is 11.4 Å². The monoisotopic (exact) mass is 324 g/mol. The minimum absolute atomic E-state index is 0.133. The number of rotatable bonds is 4. The van der Waals surface area contributed by atoms with Crippen molar-refractivity contribution in [1.29, 1.82) is 0 Å². The first-order valence-corrected chi connectivity index (χ1v) is 6.95. The number of amides is 1. The van der Waals surface area contributed by atoms with Crippen molar-refractivity contribution in [2.75, 3.05) is 17.7 Å². The van der Waals surface area contributed by atoms with Crippen LogP contribution in [0.2, 0.25) is 10.0 Å². The van der Waals surface area contributed by atoms with Crippen LogP contribution in [0.15, 0.2) is 36.4 Å². The van der Waals surface area contributed by atoms with E-state index in [0.717, 1.165) is 5.56 Å². The fraction of sp³-hybridized carbons (Fsp3) is 0.133. The van der Waals surface area contributed by atoms with Gasteiger partial charge in [-0.1, -0.05) is 29.3 Å². The van der Waals surface area contributed by atoms with Crippen LogP contribution in [0, 0.1) is 6.92 Å².